The Morgan fingerprint density at radius 2 is 2.29 bits per heavy atom. The first-order valence-electron chi connectivity index (χ1n) is 5.81. The van der Waals surface area contributed by atoms with Gasteiger partial charge in [-0.15, -0.1) is 0 Å². The standard InChI is InChI=1S/C12H17N3O2/c13-9-1-2-10(14-8-9)7-12(17)15(5-6-16)11-3-4-11/h1-2,8,11,16H,3-7,13H2. The van der Waals surface area contributed by atoms with Gasteiger partial charge in [-0.1, -0.05) is 0 Å². The van der Waals surface area contributed by atoms with Gasteiger partial charge in [0, 0.05) is 18.3 Å². The van der Waals surface area contributed by atoms with E-state index >= 15 is 0 Å². The highest BCUT2D eigenvalue weighted by atomic mass is 16.3. The fourth-order valence-electron chi connectivity index (χ4n) is 1.80. The molecule has 0 aliphatic heterocycles. The lowest BCUT2D eigenvalue weighted by Crippen LogP contribution is -2.36. The Balaban J connectivity index is 1.96. The number of aliphatic hydroxyl groups is 1. The van der Waals surface area contributed by atoms with Crippen LogP contribution in [0.4, 0.5) is 5.69 Å². The van der Waals surface area contributed by atoms with Crippen molar-refractivity contribution in [3.63, 3.8) is 0 Å². The van der Waals surface area contributed by atoms with Crippen LogP contribution in [-0.2, 0) is 11.2 Å². The van der Waals surface area contributed by atoms with Crippen LogP contribution in [0.15, 0.2) is 18.3 Å². The third-order valence-corrected chi connectivity index (χ3v) is 2.83. The van der Waals surface area contributed by atoms with Gasteiger partial charge < -0.3 is 15.7 Å². The average Bonchev–Trinajstić information content (AvgIpc) is 3.13. The van der Waals surface area contributed by atoms with Gasteiger partial charge in [-0.2, -0.15) is 0 Å². The highest BCUT2D eigenvalue weighted by Gasteiger charge is 2.31. The molecule has 0 saturated heterocycles. The molecule has 0 radical (unpaired) electrons. The summed E-state index contributed by atoms with van der Waals surface area (Å²) in [6.45, 7) is 0.426. The van der Waals surface area contributed by atoms with E-state index in [1.165, 1.54) is 0 Å². The zero-order valence-electron chi connectivity index (χ0n) is 9.67. The lowest BCUT2D eigenvalue weighted by molar-refractivity contribution is -0.131. The maximum Gasteiger partial charge on any atom is 0.228 e. The third kappa shape index (κ3) is 3.17. The molecule has 5 nitrogen and oxygen atoms in total. The fraction of sp³-hybridized carbons (Fsp3) is 0.500. The Morgan fingerprint density at radius 3 is 2.82 bits per heavy atom. The number of pyridine rings is 1. The summed E-state index contributed by atoms with van der Waals surface area (Å²) < 4.78 is 0. The summed E-state index contributed by atoms with van der Waals surface area (Å²) in [6.07, 6.45) is 3.91. The van der Waals surface area contributed by atoms with Crippen molar-refractivity contribution in [3.05, 3.63) is 24.0 Å². The van der Waals surface area contributed by atoms with Crippen LogP contribution in [0.25, 0.3) is 0 Å². The summed E-state index contributed by atoms with van der Waals surface area (Å²) in [4.78, 5) is 17.9. The number of nitrogen functional groups attached to an aromatic ring is 1. The minimum atomic E-state index is 0.0113. The van der Waals surface area contributed by atoms with E-state index in [1.807, 2.05) is 0 Å². The quantitative estimate of drug-likeness (QED) is 0.763. The predicted molar refractivity (Wildman–Crippen MR) is 64.2 cm³/mol. The van der Waals surface area contributed by atoms with Crippen molar-refractivity contribution in [1.29, 1.82) is 0 Å². The first kappa shape index (κ1) is 11.9. The minimum absolute atomic E-state index is 0.0113. The Labute approximate surface area is 100 Å². The van der Waals surface area contributed by atoms with Crippen LogP contribution in [0.3, 0.4) is 0 Å². The number of carbonyl (C=O) groups is 1. The zero-order chi connectivity index (χ0) is 12.3. The Kier molecular flexibility index (Phi) is 3.58. The summed E-state index contributed by atoms with van der Waals surface area (Å²) in [5, 5.41) is 8.94. The second-order valence-corrected chi connectivity index (χ2v) is 4.30. The third-order valence-electron chi connectivity index (χ3n) is 2.83. The second kappa shape index (κ2) is 5.14. The molecule has 1 saturated carbocycles. The molecule has 2 rings (SSSR count). The van der Waals surface area contributed by atoms with Gasteiger partial charge in [-0.3, -0.25) is 9.78 Å². The molecular weight excluding hydrogens is 218 g/mol. The summed E-state index contributed by atoms with van der Waals surface area (Å²) in [5.74, 6) is 0.0267. The molecule has 5 heteroatoms. The molecule has 0 unspecified atom stereocenters. The van der Waals surface area contributed by atoms with Crippen molar-refractivity contribution < 1.29 is 9.90 Å². The van der Waals surface area contributed by atoms with Gasteiger partial charge in [-0.05, 0) is 25.0 Å². The van der Waals surface area contributed by atoms with Crippen LogP contribution in [0.1, 0.15) is 18.5 Å². The highest BCUT2D eigenvalue weighted by Crippen LogP contribution is 2.27. The van der Waals surface area contributed by atoms with Crippen molar-refractivity contribution in [2.45, 2.75) is 25.3 Å². The molecule has 1 aliphatic rings. The Bertz CT molecular complexity index is 387. The van der Waals surface area contributed by atoms with Crippen molar-refractivity contribution in [2.24, 2.45) is 0 Å². The lowest BCUT2D eigenvalue weighted by atomic mass is 10.2. The SMILES string of the molecule is Nc1ccc(CC(=O)N(CCO)C2CC2)nc1. The van der Waals surface area contributed by atoms with Crippen LogP contribution in [0, 0.1) is 0 Å². The van der Waals surface area contributed by atoms with Gasteiger partial charge >= 0.3 is 0 Å². The molecule has 3 N–H and O–H groups in total. The number of amides is 1. The molecule has 1 heterocycles. The van der Waals surface area contributed by atoms with E-state index in [4.69, 9.17) is 10.8 Å². The molecule has 1 fully saturated rings. The van der Waals surface area contributed by atoms with Gasteiger partial charge in [-0.25, -0.2) is 0 Å². The number of carbonyl (C=O) groups excluding carboxylic acids is 1. The van der Waals surface area contributed by atoms with E-state index in [-0.39, 0.29) is 18.9 Å². The van der Waals surface area contributed by atoms with E-state index in [0.717, 1.165) is 12.8 Å². The number of nitrogens with two attached hydrogens (primary N) is 1. The molecule has 1 aromatic rings. The number of hydrogen-bond acceptors (Lipinski definition) is 4. The van der Waals surface area contributed by atoms with Crippen LogP contribution in [-0.4, -0.2) is 40.1 Å². The van der Waals surface area contributed by atoms with E-state index in [0.29, 0.717) is 24.0 Å². The topological polar surface area (TPSA) is 79.5 Å². The summed E-state index contributed by atoms with van der Waals surface area (Å²) >= 11 is 0. The second-order valence-electron chi connectivity index (χ2n) is 4.30. The first-order valence-corrected chi connectivity index (χ1v) is 5.81. The van der Waals surface area contributed by atoms with Crippen LogP contribution in [0.2, 0.25) is 0 Å². The number of aliphatic hydroxyl groups excluding tert-OH is 1. The van der Waals surface area contributed by atoms with Crippen LogP contribution in [0.5, 0.6) is 0 Å². The minimum Gasteiger partial charge on any atom is -0.397 e. The van der Waals surface area contributed by atoms with Crippen LogP contribution < -0.4 is 5.73 Å². The molecule has 92 valence electrons. The molecule has 0 spiro atoms. The Morgan fingerprint density at radius 1 is 1.53 bits per heavy atom. The number of aromatic nitrogens is 1. The van der Waals surface area contributed by atoms with Crippen LogP contribution >= 0.6 is 0 Å². The van der Waals surface area contributed by atoms with Gasteiger partial charge in [0.05, 0.1) is 24.9 Å². The normalized spacial score (nSPS) is 14.6. The van der Waals surface area contributed by atoms with E-state index in [2.05, 4.69) is 4.98 Å². The number of rotatable bonds is 5. The van der Waals surface area contributed by atoms with Gasteiger partial charge in [0.1, 0.15) is 0 Å². The van der Waals surface area contributed by atoms with E-state index < -0.39 is 0 Å². The fourth-order valence-corrected chi connectivity index (χ4v) is 1.80. The van der Waals surface area contributed by atoms with Crippen molar-refractivity contribution in [2.75, 3.05) is 18.9 Å². The average molecular weight is 235 g/mol. The maximum atomic E-state index is 12.0. The monoisotopic (exact) mass is 235 g/mol. The largest absolute Gasteiger partial charge is 0.397 e. The molecular formula is C12H17N3O2. The summed E-state index contributed by atoms with van der Waals surface area (Å²) in [5.41, 5.74) is 6.84. The predicted octanol–water partition coefficient (Wildman–Crippen LogP) is 0.190. The molecule has 0 bridgehead atoms. The summed E-state index contributed by atoms with van der Waals surface area (Å²) in [6, 6.07) is 3.82. The van der Waals surface area contributed by atoms with Gasteiger partial charge in [0.2, 0.25) is 5.91 Å². The smallest absolute Gasteiger partial charge is 0.228 e. The van der Waals surface area contributed by atoms with Crippen molar-refractivity contribution >= 4 is 11.6 Å². The number of anilines is 1. The number of nitrogens with zero attached hydrogens (tertiary/aromatic N) is 2. The maximum absolute atomic E-state index is 12.0. The van der Waals surface area contributed by atoms with Crippen molar-refractivity contribution in [1.82, 2.24) is 9.88 Å². The van der Waals surface area contributed by atoms with Crippen molar-refractivity contribution in [3.8, 4) is 0 Å². The van der Waals surface area contributed by atoms with Gasteiger partial charge in [0.25, 0.3) is 0 Å². The van der Waals surface area contributed by atoms with E-state index in [1.54, 1.807) is 23.2 Å². The molecule has 1 aliphatic carbocycles. The molecule has 0 atom stereocenters. The first-order chi connectivity index (χ1) is 8.20. The molecule has 0 aromatic carbocycles. The number of hydrogen-bond donors (Lipinski definition) is 2. The molecule has 1 aromatic heterocycles. The van der Waals surface area contributed by atoms with E-state index in [9.17, 15) is 4.79 Å². The lowest BCUT2D eigenvalue weighted by Gasteiger charge is -2.21. The Hall–Kier alpha value is -1.62. The summed E-state index contributed by atoms with van der Waals surface area (Å²) in [7, 11) is 0. The molecule has 17 heavy (non-hydrogen) atoms. The zero-order valence-corrected chi connectivity index (χ0v) is 9.67. The molecule has 1 amide bonds. The highest BCUT2D eigenvalue weighted by molar-refractivity contribution is 5.79. The van der Waals surface area contributed by atoms with Gasteiger partial charge in [0.15, 0.2) is 0 Å².